The lowest BCUT2D eigenvalue weighted by Crippen LogP contribution is -2.47. The summed E-state index contributed by atoms with van der Waals surface area (Å²) in [6.07, 6.45) is -2.00. The molecule has 0 aliphatic carbocycles. The van der Waals surface area contributed by atoms with E-state index in [1.165, 1.54) is 11.3 Å². The molecular formula is C19H22ClF3N4OS. The average Bonchev–Trinajstić information content (AvgIpc) is 3.28. The number of amides is 1. The zero-order valence-electron chi connectivity index (χ0n) is 16.0. The molecule has 0 bridgehead atoms. The Balaban J connectivity index is 1.74. The number of halogens is 4. The zero-order valence-corrected chi connectivity index (χ0v) is 17.6. The van der Waals surface area contributed by atoms with Crippen molar-refractivity contribution in [3.8, 4) is 0 Å². The number of fused-ring (bicyclic) bond motifs is 1. The molecule has 2 aliphatic rings. The summed E-state index contributed by atoms with van der Waals surface area (Å²) in [6, 6.07) is 1.18. The van der Waals surface area contributed by atoms with Gasteiger partial charge in [-0.3, -0.25) is 4.79 Å². The predicted octanol–water partition coefficient (Wildman–Crippen LogP) is 5.66. The molecule has 1 saturated heterocycles. The Bertz CT molecular complexity index is 888. The second-order valence-corrected chi connectivity index (χ2v) is 9.16. The largest absolute Gasteiger partial charge is 0.410 e. The highest BCUT2D eigenvalue weighted by atomic mass is 35.5. The molecule has 0 saturated carbocycles. The summed E-state index contributed by atoms with van der Waals surface area (Å²) in [5.41, 5.74) is -0.115. The summed E-state index contributed by atoms with van der Waals surface area (Å²) in [5.74, 6) is -0.355. The van der Waals surface area contributed by atoms with Crippen molar-refractivity contribution in [1.82, 2.24) is 14.7 Å². The van der Waals surface area contributed by atoms with Gasteiger partial charge in [0.25, 0.3) is 5.91 Å². The summed E-state index contributed by atoms with van der Waals surface area (Å²) in [7, 11) is 0. The van der Waals surface area contributed by atoms with Crippen LogP contribution in [0, 0.1) is 0 Å². The highest BCUT2D eigenvalue weighted by Crippen LogP contribution is 2.47. The number of piperidine rings is 1. The first-order valence-electron chi connectivity index (χ1n) is 9.65. The third-order valence-electron chi connectivity index (χ3n) is 5.81. The number of hydrogen-bond acceptors (Lipinski definition) is 4. The van der Waals surface area contributed by atoms with Gasteiger partial charge in [-0.2, -0.15) is 18.3 Å². The number of nitrogens with one attached hydrogen (secondary N) is 1. The monoisotopic (exact) mass is 446 g/mol. The molecule has 1 amide bonds. The quantitative estimate of drug-likeness (QED) is 0.647. The molecule has 158 valence electrons. The van der Waals surface area contributed by atoms with Gasteiger partial charge in [0.2, 0.25) is 0 Å². The van der Waals surface area contributed by atoms with Gasteiger partial charge in [0.15, 0.2) is 11.7 Å². The Hall–Kier alpha value is -1.74. The number of likely N-dealkylation sites (tertiary alicyclic amines) is 1. The third-order valence-corrected chi connectivity index (χ3v) is 7.16. The average molecular weight is 447 g/mol. The van der Waals surface area contributed by atoms with Crippen LogP contribution < -0.4 is 5.32 Å². The van der Waals surface area contributed by atoms with Crippen LogP contribution in [0.25, 0.3) is 0 Å². The van der Waals surface area contributed by atoms with Crippen molar-refractivity contribution in [1.29, 1.82) is 0 Å². The molecule has 5 nitrogen and oxygen atoms in total. The smallest absolute Gasteiger partial charge is 0.361 e. The lowest BCUT2D eigenvalue weighted by molar-refractivity contribution is -0.173. The molecular weight excluding hydrogens is 425 g/mol. The molecule has 0 aromatic carbocycles. The molecule has 1 N–H and O–H groups in total. The van der Waals surface area contributed by atoms with E-state index in [0.717, 1.165) is 28.8 Å². The van der Waals surface area contributed by atoms with Crippen LogP contribution >= 0.6 is 22.9 Å². The fourth-order valence-electron chi connectivity index (χ4n) is 4.35. The Morgan fingerprint density at radius 2 is 2.00 bits per heavy atom. The van der Waals surface area contributed by atoms with Gasteiger partial charge in [0.05, 0.1) is 6.04 Å². The van der Waals surface area contributed by atoms with Crippen LogP contribution in [0.15, 0.2) is 17.5 Å². The van der Waals surface area contributed by atoms with Gasteiger partial charge < -0.3 is 10.2 Å². The number of anilines is 1. The number of nitrogens with zero attached hydrogens (tertiary/aromatic N) is 3. The maximum absolute atomic E-state index is 13.8. The summed E-state index contributed by atoms with van der Waals surface area (Å²) in [5, 5.41) is 8.93. The van der Waals surface area contributed by atoms with Crippen LogP contribution in [0.3, 0.4) is 0 Å². The number of hydrogen-bond donors (Lipinski definition) is 1. The Labute approximate surface area is 175 Å². The molecule has 1 fully saturated rings. The summed E-state index contributed by atoms with van der Waals surface area (Å²) >= 11 is 7.82. The van der Waals surface area contributed by atoms with Crippen LogP contribution in [0.4, 0.5) is 19.0 Å². The highest BCUT2D eigenvalue weighted by Gasteiger charge is 2.48. The van der Waals surface area contributed by atoms with Gasteiger partial charge in [0.1, 0.15) is 10.8 Å². The van der Waals surface area contributed by atoms with Crippen molar-refractivity contribution in [3.63, 3.8) is 0 Å². The Morgan fingerprint density at radius 1 is 1.31 bits per heavy atom. The molecule has 4 unspecified atom stereocenters. The van der Waals surface area contributed by atoms with E-state index in [0.29, 0.717) is 0 Å². The molecule has 4 atom stereocenters. The zero-order chi connectivity index (χ0) is 20.9. The van der Waals surface area contributed by atoms with Gasteiger partial charge >= 0.3 is 6.18 Å². The second-order valence-electron chi connectivity index (χ2n) is 7.80. The molecule has 0 spiro atoms. The van der Waals surface area contributed by atoms with Gasteiger partial charge in [-0.25, -0.2) is 4.68 Å². The third kappa shape index (κ3) is 3.63. The molecule has 2 aliphatic heterocycles. The molecule has 4 rings (SSSR count). The van der Waals surface area contributed by atoms with E-state index < -0.39 is 24.2 Å². The minimum absolute atomic E-state index is 0.00807. The van der Waals surface area contributed by atoms with Gasteiger partial charge in [-0.15, -0.1) is 11.3 Å². The van der Waals surface area contributed by atoms with Crippen LogP contribution in [0.2, 0.25) is 5.02 Å². The summed E-state index contributed by atoms with van der Waals surface area (Å²) in [4.78, 5) is 15.7. The van der Waals surface area contributed by atoms with Crippen molar-refractivity contribution in [2.75, 3.05) is 5.32 Å². The first-order chi connectivity index (χ1) is 13.7. The Morgan fingerprint density at radius 3 is 2.59 bits per heavy atom. The lowest BCUT2D eigenvalue weighted by Gasteiger charge is -2.38. The summed E-state index contributed by atoms with van der Waals surface area (Å²) in [6.45, 7) is 3.89. The van der Waals surface area contributed by atoms with E-state index in [2.05, 4.69) is 10.4 Å². The minimum atomic E-state index is -4.51. The number of carbonyl (C=O) groups excluding carboxylic acids is 1. The van der Waals surface area contributed by atoms with Crippen molar-refractivity contribution >= 4 is 34.7 Å². The second kappa shape index (κ2) is 7.50. The van der Waals surface area contributed by atoms with Crippen molar-refractivity contribution in [3.05, 3.63) is 33.1 Å². The van der Waals surface area contributed by atoms with Crippen molar-refractivity contribution < 1.29 is 18.0 Å². The fraction of sp³-hybridized carbons (Fsp3) is 0.579. The minimum Gasteiger partial charge on any atom is -0.361 e. The van der Waals surface area contributed by atoms with Crippen LogP contribution in [-0.2, 0) is 0 Å². The van der Waals surface area contributed by atoms with Crippen LogP contribution in [0.1, 0.15) is 67.0 Å². The SMILES string of the molecule is CC1CCCC(C)N1C(=O)c1nn2c(c1Cl)NC(c1cccs1)CC2C(F)(F)F. The van der Waals surface area contributed by atoms with E-state index in [-0.39, 0.29) is 35.0 Å². The standard InChI is InChI=1S/C19H22ClF3N4OS/c1-10-5-3-6-11(2)26(10)18(28)16-15(20)17-24-12(13-7-4-8-29-13)9-14(19(21,22)23)27(17)25-16/h4,7-8,10-12,14,24H,3,5-6,9H2,1-2H3. The normalized spacial score (nSPS) is 27.4. The maximum Gasteiger partial charge on any atom is 0.410 e. The molecule has 2 aromatic rings. The topological polar surface area (TPSA) is 50.2 Å². The fourth-order valence-corrected chi connectivity index (χ4v) is 5.40. The molecule has 10 heteroatoms. The van der Waals surface area contributed by atoms with Gasteiger partial charge in [-0.05, 0) is 44.6 Å². The van der Waals surface area contributed by atoms with E-state index >= 15 is 0 Å². The highest BCUT2D eigenvalue weighted by molar-refractivity contribution is 7.10. The van der Waals surface area contributed by atoms with Gasteiger partial charge in [0, 0.05) is 23.4 Å². The van der Waals surface area contributed by atoms with Crippen molar-refractivity contribution in [2.45, 2.75) is 69.9 Å². The van der Waals surface area contributed by atoms with Crippen LogP contribution in [0.5, 0.6) is 0 Å². The maximum atomic E-state index is 13.8. The number of alkyl halides is 3. The van der Waals surface area contributed by atoms with E-state index in [4.69, 9.17) is 11.6 Å². The molecule has 0 radical (unpaired) electrons. The number of rotatable bonds is 2. The first-order valence-corrected chi connectivity index (χ1v) is 10.9. The van der Waals surface area contributed by atoms with E-state index in [1.54, 1.807) is 17.0 Å². The molecule has 4 heterocycles. The molecule has 2 aromatic heterocycles. The number of thiophene rings is 1. The van der Waals surface area contributed by atoms with E-state index in [9.17, 15) is 18.0 Å². The predicted molar refractivity (Wildman–Crippen MR) is 107 cm³/mol. The summed E-state index contributed by atoms with van der Waals surface area (Å²) < 4.78 is 42.3. The lowest BCUT2D eigenvalue weighted by atomic mass is 9.97. The number of carbonyl (C=O) groups is 1. The molecule has 29 heavy (non-hydrogen) atoms. The van der Waals surface area contributed by atoms with Crippen LogP contribution in [-0.4, -0.2) is 38.8 Å². The Kier molecular flexibility index (Phi) is 5.31. The van der Waals surface area contributed by atoms with Crippen molar-refractivity contribution in [2.24, 2.45) is 0 Å². The van der Waals surface area contributed by atoms with E-state index in [1.807, 2.05) is 19.2 Å². The first kappa shape index (κ1) is 20.5. The van der Waals surface area contributed by atoms with Gasteiger partial charge in [-0.1, -0.05) is 17.7 Å². The number of aromatic nitrogens is 2.